The Morgan fingerprint density at radius 3 is 3.12 bits per heavy atom. The molecule has 1 aliphatic rings. The molecule has 2 aromatic rings. The molecule has 0 bridgehead atoms. The van der Waals surface area contributed by atoms with Crippen molar-refractivity contribution >= 4 is 43.7 Å². The van der Waals surface area contributed by atoms with Crippen molar-refractivity contribution in [1.29, 1.82) is 0 Å². The minimum Gasteiger partial charge on any atom is -0.339 e. The quantitative estimate of drug-likeness (QED) is 0.806. The lowest BCUT2D eigenvalue weighted by molar-refractivity contribution is 0.628. The fourth-order valence-corrected chi connectivity index (χ4v) is 4.24. The summed E-state index contributed by atoms with van der Waals surface area (Å²) < 4.78 is 0.853. The topological polar surface area (TPSA) is 29.0 Å². The van der Waals surface area contributed by atoms with E-state index in [9.17, 15) is 0 Å². The summed E-state index contributed by atoms with van der Waals surface area (Å²) >= 11 is 6.83. The van der Waals surface area contributed by atoms with Gasteiger partial charge in [0.25, 0.3) is 0 Å². The summed E-state index contributed by atoms with van der Waals surface area (Å²) in [6.07, 6.45) is 1.12. The molecule has 16 heavy (non-hydrogen) atoms. The standard InChI is InChI=1S/C10H10BrN3S2/c1-6-7-3-5-15-8(7)2-4-14(6)10-13-12-9(11)16-10/h3,5-6H,2,4H2,1H3. The van der Waals surface area contributed by atoms with E-state index in [0.29, 0.717) is 6.04 Å². The summed E-state index contributed by atoms with van der Waals surface area (Å²) in [7, 11) is 0. The molecule has 3 heterocycles. The van der Waals surface area contributed by atoms with Crippen LogP contribution in [0.4, 0.5) is 5.13 Å². The zero-order valence-corrected chi connectivity index (χ0v) is 11.9. The van der Waals surface area contributed by atoms with Gasteiger partial charge in [-0.1, -0.05) is 11.3 Å². The van der Waals surface area contributed by atoms with E-state index in [2.05, 4.69) is 49.4 Å². The van der Waals surface area contributed by atoms with Crippen LogP contribution >= 0.6 is 38.6 Å². The van der Waals surface area contributed by atoms with Crippen LogP contribution in [-0.4, -0.2) is 16.7 Å². The Morgan fingerprint density at radius 1 is 1.50 bits per heavy atom. The highest BCUT2D eigenvalue weighted by atomic mass is 79.9. The van der Waals surface area contributed by atoms with Gasteiger partial charge < -0.3 is 4.90 Å². The largest absolute Gasteiger partial charge is 0.339 e. The normalized spacial score (nSPS) is 19.9. The van der Waals surface area contributed by atoms with Crippen molar-refractivity contribution in [3.05, 3.63) is 25.8 Å². The summed E-state index contributed by atoms with van der Waals surface area (Å²) in [6, 6.07) is 2.64. The second kappa shape index (κ2) is 4.09. The first kappa shape index (κ1) is 10.7. The molecule has 0 fully saturated rings. The number of rotatable bonds is 1. The molecule has 6 heteroatoms. The van der Waals surface area contributed by atoms with Crippen molar-refractivity contribution in [2.24, 2.45) is 0 Å². The van der Waals surface area contributed by atoms with Crippen molar-refractivity contribution < 1.29 is 0 Å². The van der Waals surface area contributed by atoms with Gasteiger partial charge in [-0.15, -0.1) is 21.5 Å². The third-order valence-corrected chi connectivity index (χ3v) is 5.30. The van der Waals surface area contributed by atoms with Gasteiger partial charge in [-0.2, -0.15) is 0 Å². The maximum atomic E-state index is 4.20. The number of halogens is 1. The minimum absolute atomic E-state index is 0.412. The number of anilines is 1. The van der Waals surface area contributed by atoms with Crippen LogP contribution in [0.1, 0.15) is 23.4 Å². The van der Waals surface area contributed by atoms with Crippen LogP contribution in [0.2, 0.25) is 0 Å². The van der Waals surface area contributed by atoms with Gasteiger partial charge in [0.15, 0.2) is 3.92 Å². The molecule has 0 radical (unpaired) electrons. The van der Waals surface area contributed by atoms with Gasteiger partial charge in [0.05, 0.1) is 6.04 Å². The third kappa shape index (κ3) is 1.69. The Balaban J connectivity index is 1.95. The highest BCUT2D eigenvalue weighted by molar-refractivity contribution is 9.11. The van der Waals surface area contributed by atoms with Crippen LogP contribution in [0, 0.1) is 0 Å². The van der Waals surface area contributed by atoms with Gasteiger partial charge in [-0.05, 0) is 46.3 Å². The number of hydrogen-bond donors (Lipinski definition) is 0. The smallest absolute Gasteiger partial charge is 0.209 e. The zero-order valence-electron chi connectivity index (χ0n) is 8.68. The first-order valence-corrected chi connectivity index (χ1v) is 7.56. The summed E-state index contributed by atoms with van der Waals surface area (Å²) in [5.74, 6) is 0. The molecular weight excluding hydrogens is 306 g/mol. The number of fused-ring (bicyclic) bond motifs is 1. The summed E-state index contributed by atoms with van der Waals surface area (Å²) in [5.41, 5.74) is 1.45. The number of hydrogen-bond acceptors (Lipinski definition) is 5. The average molecular weight is 316 g/mol. The summed E-state index contributed by atoms with van der Waals surface area (Å²) in [4.78, 5) is 3.85. The van der Waals surface area contributed by atoms with Gasteiger partial charge in [0, 0.05) is 11.4 Å². The molecule has 2 aromatic heterocycles. The lowest BCUT2D eigenvalue weighted by Gasteiger charge is -2.32. The van der Waals surface area contributed by atoms with Crippen LogP contribution < -0.4 is 4.90 Å². The molecule has 0 N–H and O–H groups in total. The molecule has 1 aliphatic heterocycles. The second-order valence-corrected chi connectivity index (χ2v) is 6.99. The third-order valence-electron chi connectivity index (χ3n) is 2.91. The van der Waals surface area contributed by atoms with E-state index in [1.165, 1.54) is 10.4 Å². The number of nitrogens with zero attached hydrogens (tertiary/aromatic N) is 3. The van der Waals surface area contributed by atoms with Gasteiger partial charge in [0.2, 0.25) is 5.13 Å². The van der Waals surface area contributed by atoms with Gasteiger partial charge >= 0.3 is 0 Å². The molecule has 0 saturated carbocycles. The Labute approximate surface area is 110 Å². The number of aromatic nitrogens is 2. The Morgan fingerprint density at radius 2 is 2.38 bits per heavy atom. The number of thiophene rings is 1. The molecule has 3 rings (SSSR count). The summed E-state index contributed by atoms with van der Waals surface area (Å²) in [5, 5.41) is 11.4. The van der Waals surface area contributed by atoms with Crippen molar-refractivity contribution in [1.82, 2.24) is 10.2 Å². The molecule has 0 aliphatic carbocycles. The lowest BCUT2D eigenvalue weighted by atomic mass is 10.0. The summed E-state index contributed by atoms with van der Waals surface area (Å²) in [6.45, 7) is 3.27. The Hall–Kier alpha value is -0.460. The maximum absolute atomic E-state index is 4.20. The lowest BCUT2D eigenvalue weighted by Crippen LogP contribution is -2.32. The van der Waals surface area contributed by atoms with Crippen molar-refractivity contribution in [2.75, 3.05) is 11.4 Å². The molecule has 3 nitrogen and oxygen atoms in total. The highest BCUT2D eigenvalue weighted by Crippen LogP contribution is 2.37. The minimum atomic E-state index is 0.412. The van der Waals surface area contributed by atoms with Crippen molar-refractivity contribution in [3.8, 4) is 0 Å². The van der Waals surface area contributed by atoms with Crippen molar-refractivity contribution in [2.45, 2.75) is 19.4 Å². The van der Waals surface area contributed by atoms with Gasteiger partial charge in [0.1, 0.15) is 0 Å². The van der Waals surface area contributed by atoms with Crippen LogP contribution in [0.15, 0.2) is 15.4 Å². The van der Waals surface area contributed by atoms with Crippen molar-refractivity contribution in [3.63, 3.8) is 0 Å². The van der Waals surface area contributed by atoms with E-state index in [1.807, 2.05) is 11.3 Å². The van der Waals surface area contributed by atoms with Crippen LogP contribution in [0.3, 0.4) is 0 Å². The van der Waals surface area contributed by atoms with Crippen LogP contribution in [0.5, 0.6) is 0 Å². The molecule has 0 aromatic carbocycles. The first-order valence-electron chi connectivity index (χ1n) is 5.07. The fourth-order valence-electron chi connectivity index (χ4n) is 2.09. The SMILES string of the molecule is CC1c2ccsc2CCN1c1nnc(Br)s1. The predicted octanol–water partition coefficient (Wildman–Crippen LogP) is 3.49. The van der Waals surface area contributed by atoms with E-state index in [-0.39, 0.29) is 0 Å². The van der Waals surface area contributed by atoms with E-state index >= 15 is 0 Å². The van der Waals surface area contributed by atoms with E-state index in [0.717, 1.165) is 22.0 Å². The fraction of sp³-hybridized carbons (Fsp3) is 0.400. The zero-order chi connectivity index (χ0) is 11.1. The van der Waals surface area contributed by atoms with Gasteiger partial charge in [-0.25, -0.2) is 0 Å². The van der Waals surface area contributed by atoms with E-state index in [1.54, 1.807) is 11.3 Å². The van der Waals surface area contributed by atoms with Crippen LogP contribution in [-0.2, 0) is 6.42 Å². The molecule has 0 spiro atoms. The highest BCUT2D eigenvalue weighted by Gasteiger charge is 2.26. The molecule has 1 atom stereocenters. The van der Waals surface area contributed by atoms with Crippen LogP contribution in [0.25, 0.3) is 0 Å². The molecule has 84 valence electrons. The Bertz CT molecular complexity index is 508. The molecule has 0 saturated heterocycles. The predicted molar refractivity (Wildman–Crippen MR) is 71.4 cm³/mol. The molecule has 0 amide bonds. The van der Waals surface area contributed by atoms with E-state index < -0.39 is 0 Å². The second-order valence-electron chi connectivity index (χ2n) is 3.76. The molecule has 1 unspecified atom stereocenters. The Kier molecular flexibility index (Phi) is 2.73. The van der Waals surface area contributed by atoms with Gasteiger partial charge in [-0.3, -0.25) is 0 Å². The molecular formula is C10H10BrN3S2. The van der Waals surface area contributed by atoms with E-state index in [4.69, 9.17) is 0 Å². The first-order chi connectivity index (χ1) is 7.75. The monoisotopic (exact) mass is 315 g/mol. The maximum Gasteiger partial charge on any atom is 0.209 e. The average Bonchev–Trinajstić information content (AvgIpc) is 2.87.